The summed E-state index contributed by atoms with van der Waals surface area (Å²) >= 11 is 9.70. The molecule has 0 radical (unpaired) electrons. The smallest absolute Gasteiger partial charge is 0.0465 e. The fourth-order valence-corrected chi connectivity index (χ4v) is 2.85. The van der Waals surface area contributed by atoms with Gasteiger partial charge in [-0.1, -0.05) is 46.4 Å². The van der Waals surface area contributed by atoms with E-state index in [4.69, 9.17) is 11.6 Å². The van der Waals surface area contributed by atoms with Crippen LogP contribution in [-0.4, -0.2) is 7.05 Å². The minimum atomic E-state index is 0.390. The molecule has 88 valence electrons. The van der Waals surface area contributed by atoms with Crippen molar-refractivity contribution in [2.45, 2.75) is 31.7 Å². The molecule has 0 heterocycles. The molecule has 0 aliphatic heterocycles. The number of nitrogens with one attached hydrogen (secondary N) is 1. The van der Waals surface area contributed by atoms with E-state index in [9.17, 15) is 0 Å². The Morgan fingerprint density at radius 3 is 2.81 bits per heavy atom. The summed E-state index contributed by atoms with van der Waals surface area (Å²) in [5.41, 5.74) is 1.22. The first kappa shape index (κ1) is 12.4. The molecule has 1 N–H and O–H groups in total. The van der Waals surface area contributed by atoms with Gasteiger partial charge in [0, 0.05) is 15.5 Å². The summed E-state index contributed by atoms with van der Waals surface area (Å²) in [6.07, 6.45) is 5.34. The Kier molecular flexibility index (Phi) is 4.28. The zero-order valence-electron chi connectivity index (χ0n) is 9.47. The van der Waals surface area contributed by atoms with E-state index in [1.807, 2.05) is 13.1 Å². The minimum Gasteiger partial charge on any atom is -0.313 e. The Balaban J connectivity index is 2.05. The van der Waals surface area contributed by atoms with Gasteiger partial charge in [-0.2, -0.15) is 0 Å². The van der Waals surface area contributed by atoms with Gasteiger partial charge >= 0.3 is 0 Å². The third kappa shape index (κ3) is 3.22. The normalized spacial score (nSPS) is 17.4. The maximum Gasteiger partial charge on any atom is 0.0465 e. The first-order valence-electron chi connectivity index (χ1n) is 5.83. The zero-order valence-corrected chi connectivity index (χ0v) is 11.8. The van der Waals surface area contributed by atoms with Gasteiger partial charge in [0.25, 0.3) is 0 Å². The first-order chi connectivity index (χ1) is 7.70. The number of benzene rings is 1. The van der Waals surface area contributed by atoms with Gasteiger partial charge in [-0.3, -0.25) is 0 Å². The van der Waals surface area contributed by atoms with Crippen molar-refractivity contribution in [3.05, 3.63) is 33.3 Å². The zero-order chi connectivity index (χ0) is 11.5. The van der Waals surface area contributed by atoms with E-state index in [1.165, 1.54) is 31.2 Å². The van der Waals surface area contributed by atoms with Crippen LogP contribution in [0, 0.1) is 5.92 Å². The molecule has 0 saturated heterocycles. The van der Waals surface area contributed by atoms with Crippen molar-refractivity contribution in [3.8, 4) is 0 Å². The van der Waals surface area contributed by atoms with Crippen LogP contribution in [0.3, 0.4) is 0 Å². The van der Waals surface area contributed by atoms with Crippen LogP contribution in [0.25, 0.3) is 0 Å². The lowest BCUT2D eigenvalue weighted by atomic mass is 10.0. The van der Waals surface area contributed by atoms with E-state index in [1.54, 1.807) is 0 Å². The summed E-state index contributed by atoms with van der Waals surface area (Å²) in [5, 5.41) is 4.21. The van der Waals surface area contributed by atoms with Gasteiger partial charge in [0.05, 0.1) is 0 Å². The summed E-state index contributed by atoms with van der Waals surface area (Å²) in [7, 11) is 2.01. The molecule has 2 rings (SSSR count). The van der Waals surface area contributed by atoms with Crippen LogP contribution >= 0.6 is 27.5 Å². The SMILES string of the molecule is CNC(CCC1CC1)c1ccc(Br)cc1Cl. The predicted molar refractivity (Wildman–Crippen MR) is 72.9 cm³/mol. The average Bonchev–Trinajstić information content (AvgIpc) is 3.05. The largest absolute Gasteiger partial charge is 0.313 e. The van der Waals surface area contributed by atoms with Gasteiger partial charge in [-0.25, -0.2) is 0 Å². The molecule has 0 spiro atoms. The van der Waals surface area contributed by atoms with E-state index >= 15 is 0 Å². The van der Waals surface area contributed by atoms with Crippen molar-refractivity contribution < 1.29 is 0 Å². The maximum atomic E-state index is 6.26. The highest BCUT2D eigenvalue weighted by Crippen LogP contribution is 2.37. The highest BCUT2D eigenvalue weighted by Gasteiger charge is 2.23. The van der Waals surface area contributed by atoms with Gasteiger partial charge in [0.15, 0.2) is 0 Å². The van der Waals surface area contributed by atoms with Gasteiger partial charge in [0.2, 0.25) is 0 Å². The van der Waals surface area contributed by atoms with Gasteiger partial charge in [0.1, 0.15) is 0 Å². The average molecular weight is 303 g/mol. The highest BCUT2D eigenvalue weighted by molar-refractivity contribution is 9.10. The highest BCUT2D eigenvalue weighted by atomic mass is 79.9. The summed E-state index contributed by atoms with van der Waals surface area (Å²) in [6, 6.07) is 6.53. The fourth-order valence-electron chi connectivity index (χ4n) is 2.05. The fraction of sp³-hybridized carbons (Fsp3) is 0.538. The first-order valence-corrected chi connectivity index (χ1v) is 7.00. The summed E-state index contributed by atoms with van der Waals surface area (Å²) in [4.78, 5) is 0. The quantitative estimate of drug-likeness (QED) is 0.841. The lowest BCUT2D eigenvalue weighted by molar-refractivity contribution is 0.506. The molecule has 1 aliphatic rings. The summed E-state index contributed by atoms with van der Waals surface area (Å²) < 4.78 is 1.04. The van der Waals surface area contributed by atoms with E-state index < -0.39 is 0 Å². The Labute approximate surface area is 111 Å². The van der Waals surface area contributed by atoms with Crippen molar-refractivity contribution >= 4 is 27.5 Å². The van der Waals surface area contributed by atoms with Gasteiger partial charge in [-0.15, -0.1) is 0 Å². The monoisotopic (exact) mass is 301 g/mol. The van der Waals surface area contributed by atoms with Gasteiger partial charge < -0.3 is 5.32 Å². The van der Waals surface area contributed by atoms with Crippen LogP contribution in [-0.2, 0) is 0 Å². The Morgan fingerprint density at radius 1 is 1.50 bits per heavy atom. The molecule has 0 amide bonds. The molecule has 1 saturated carbocycles. The Morgan fingerprint density at radius 2 is 2.25 bits per heavy atom. The number of hydrogen-bond donors (Lipinski definition) is 1. The third-order valence-corrected chi connectivity index (χ3v) is 4.07. The second-order valence-electron chi connectivity index (χ2n) is 4.53. The van der Waals surface area contributed by atoms with Crippen molar-refractivity contribution in [2.24, 2.45) is 5.92 Å². The summed E-state index contributed by atoms with van der Waals surface area (Å²) in [6.45, 7) is 0. The predicted octanol–water partition coefficient (Wildman–Crippen LogP) is 4.55. The molecular weight excluding hydrogens is 286 g/mol. The molecule has 1 aromatic rings. The molecule has 0 bridgehead atoms. The molecule has 1 aliphatic carbocycles. The summed E-state index contributed by atoms with van der Waals surface area (Å²) in [5.74, 6) is 0.977. The second-order valence-corrected chi connectivity index (χ2v) is 5.85. The molecular formula is C13H17BrClN. The van der Waals surface area contributed by atoms with Crippen LogP contribution in [0.4, 0.5) is 0 Å². The molecule has 1 nitrogen and oxygen atoms in total. The number of rotatable bonds is 5. The van der Waals surface area contributed by atoms with Crippen molar-refractivity contribution in [1.29, 1.82) is 0 Å². The lowest BCUT2D eigenvalue weighted by Crippen LogP contribution is -2.16. The van der Waals surface area contributed by atoms with E-state index in [2.05, 4.69) is 33.4 Å². The van der Waals surface area contributed by atoms with Crippen LogP contribution in [0.15, 0.2) is 22.7 Å². The van der Waals surface area contributed by atoms with Crippen LogP contribution < -0.4 is 5.32 Å². The van der Waals surface area contributed by atoms with Crippen molar-refractivity contribution in [1.82, 2.24) is 5.32 Å². The molecule has 1 fully saturated rings. The molecule has 16 heavy (non-hydrogen) atoms. The maximum absolute atomic E-state index is 6.26. The lowest BCUT2D eigenvalue weighted by Gasteiger charge is -2.18. The number of hydrogen-bond acceptors (Lipinski definition) is 1. The van der Waals surface area contributed by atoms with E-state index in [0.29, 0.717) is 6.04 Å². The molecule has 1 atom stereocenters. The molecule has 1 unspecified atom stereocenters. The number of halogens is 2. The Bertz CT molecular complexity index is 363. The van der Waals surface area contributed by atoms with Crippen molar-refractivity contribution in [2.75, 3.05) is 7.05 Å². The van der Waals surface area contributed by atoms with Crippen LogP contribution in [0.5, 0.6) is 0 Å². The second kappa shape index (κ2) is 5.52. The third-order valence-electron chi connectivity index (χ3n) is 3.25. The minimum absolute atomic E-state index is 0.390. The van der Waals surface area contributed by atoms with Crippen molar-refractivity contribution in [3.63, 3.8) is 0 Å². The van der Waals surface area contributed by atoms with Gasteiger partial charge in [-0.05, 0) is 43.5 Å². The molecule has 1 aromatic carbocycles. The van der Waals surface area contributed by atoms with Crippen LogP contribution in [0.2, 0.25) is 5.02 Å². The Hall–Kier alpha value is -0.0500. The standard InChI is InChI=1S/C13H17BrClN/c1-16-13(7-4-9-2-3-9)11-6-5-10(14)8-12(11)15/h5-6,8-9,13,16H,2-4,7H2,1H3. The van der Waals surface area contributed by atoms with E-state index in [0.717, 1.165) is 15.4 Å². The molecule has 0 aromatic heterocycles. The topological polar surface area (TPSA) is 12.0 Å². The van der Waals surface area contributed by atoms with Crippen LogP contribution in [0.1, 0.15) is 37.3 Å². The van der Waals surface area contributed by atoms with E-state index in [-0.39, 0.29) is 0 Å². The molecule has 3 heteroatoms.